The Hall–Kier alpha value is -1.00. The zero-order chi connectivity index (χ0) is 12.6. The van der Waals surface area contributed by atoms with Crippen LogP contribution < -0.4 is 5.32 Å². The van der Waals surface area contributed by atoms with Gasteiger partial charge in [0.25, 0.3) is 5.69 Å². The van der Waals surface area contributed by atoms with E-state index in [1.54, 1.807) is 0 Å². The molecule has 0 heterocycles. The van der Waals surface area contributed by atoms with Gasteiger partial charge in [-0.15, -0.1) is 0 Å². The summed E-state index contributed by atoms with van der Waals surface area (Å²) in [5.74, 6) is 1.38. The first kappa shape index (κ1) is 12.5. The van der Waals surface area contributed by atoms with E-state index in [9.17, 15) is 10.1 Å². The quantitative estimate of drug-likeness (QED) is 0.668. The number of rotatable bonds is 4. The monoisotopic (exact) mass is 274 g/mol. The highest BCUT2D eigenvalue weighted by Gasteiger charge is 2.32. The molecule has 1 aliphatic carbocycles. The van der Waals surface area contributed by atoms with Gasteiger partial charge < -0.3 is 5.32 Å². The van der Waals surface area contributed by atoms with E-state index in [0.29, 0.717) is 11.6 Å². The van der Waals surface area contributed by atoms with Crippen molar-refractivity contribution in [1.82, 2.24) is 0 Å². The third kappa shape index (κ3) is 2.82. The Balaban J connectivity index is 2.13. The predicted octanol–water partition coefficient (Wildman–Crippen LogP) is 3.97. The molecule has 6 heteroatoms. The van der Waals surface area contributed by atoms with Gasteiger partial charge in [-0.2, -0.15) is 0 Å². The van der Waals surface area contributed by atoms with Crippen LogP contribution in [-0.2, 0) is 0 Å². The summed E-state index contributed by atoms with van der Waals surface area (Å²) >= 11 is 11.9. The maximum Gasteiger partial charge on any atom is 0.272 e. The van der Waals surface area contributed by atoms with E-state index in [0.717, 1.165) is 12.5 Å². The van der Waals surface area contributed by atoms with Crippen molar-refractivity contribution >= 4 is 34.6 Å². The molecular weight excluding hydrogens is 263 g/mol. The molecule has 2 rings (SSSR count). The summed E-state index contributed by atoms with van der Waals surface area (Å²) in [5, 5.41) is 14.3. The van der Waals surface area contributed by atoms with Crippen molar-refractivity contribution in [2.24, 2.45) is 11.8 Å². The molecule has 0 saturated heterocycles. The first-order valence-electron chi connectivity index (χ1n) is 5.36. The van der Waals surface area contributed by atoms with Gasteiger partial charge in [-0.1, -0.05) is 30.1 Å². The summed E-state index contributed by atoms with van der Waals surface area (Å²) in [5.41, 5.74) is 0.489. The van der Waals surface area contributed by atoms with Gasteiger partial charge >= 0.3 is 0 Å². The Morgan fingerprint density at radius 3 is 2.41 bits per heavy atom. The maximum absolute atomic E-state index is 10.6. The van der Waals surface area contributed by atoms with Crippen molar-refractivity contribution in [2.75, 3.05) is 11.9 Å². The van der Waals surface area contributed by atoms with Crippen LogP contribution >= 0.6 is 23.2 Å². The van der Waals surface area contributed by atoms with Crippen molar-refractivity contribution in [1.29, 1.82) is 0 Å². The summed E-state index contributed by atoms with van der Waals surface area (Å²) in [6.45, 7) is 2.99. The molecule has 0 radical (unpaired) electrons. The molecule has 0 amide bonds. The summed E-state index contributed by atoms with van der Waals surface area (Å²) in [6, 6.07) is 2.62. The minimum absolute atomic E-state index is 0.0923. The van der Waals surface area contributed by atoms with E-state index < -0.39 is 4.92 Å². The van der Waals surface area contributed by atoms with Crippen LogP contribution in [0.5, 0.6) is 0 Å². The molecule has 1 aliphatic rings. The molecular formula is C11H12Cl2N2O2. The molecule has 1 fully saturated rings. The minimum Gasteiger partial charge on any atom is -0.382 e. The van der Waals surface area contributed by atoms with Crippen LogP contribution in [0.4, 0.5) is 11.4 Å². The Kier molecular flexibility index (Phi) is 3.45. The molecule has 0 aliphatic heterocycles. The number of benzene rings is 1. The first-order valence-corrected chi connectivity index (χ1v) is 6.12. The number of hydrogen-bond acceptors (Lipinski definition) is 3. The number of nitrogens with zero attached hydrogens (tertiary/aromatic N) is 1. The molecule has 0 spiro atoms. The fraction of sp³-hybridized carbons (Fsp3) is 0.455. The van der Waals surface area contributed by atoms with Gasteiger partial charge in [-0.25, -0.2) is 0 Å². The lowest BCUT2D eigenvalue weighted by atomic mass is 10.2. The molecule has 1 saturated carbocycles. The van der Waals surface area contributed by atoms with Crippen LogP contribution in [0.1, 0.15) is 13.3 Å². The van der Waals surface area contributed by atoms with Gasteiger partial charge in [0.15, 0.2) is 0 Å². The van der Waals surface area contributed by atoms with Crippen molar-refractivity contribution in [3.05, 3.63) is 32.3 Å². The van der Waals surface area contributed by atoms with Crippen molar-refractivity contribution < 1.29 is 4.92 Å². The molecule has 1 aromatic carbocycles. The van der Waals surface area contributed by atoms with Gasteiger partial charge in [0.2, 0.25) is 0 Å². The highest BCUT2D eigenvalue weighted by Crippen LogP contribution is 2.40. The number of nitro groups is 1. The van der Waals surface area contributed by atoms with E-state index in [2.05, 4.69) is 12.2 Å². The van der Waals surface area contributed by atoms with Gasteiger partial charge in [-0.3, -0.25) is 10.1 Å². The fourth-order valence-corrected chi connectivity index (χ4v) is 2.36. The number of nitrogens with one attached hydrogen (secondary N) is 1. The van der Waals surface area contributed by atoms with E-state index in [4.69, 9.17) is 23.2 Å². The second kappa shape index (κ2) is 4.70. The van der Waals surface area contributed by atoms with E-state index in [1.807, 2.05) is 0 Å². The number of nitro benzene ring substituents is 1. The van der Waals surface area contributed by atoms with Crippen LogP contribution in [0, 0.1) is 22.0 Å². The topological polar surface area (TPSA) is 55.2 Å². The smallest absolute Gasteiger partial charge is 0.272 e. The Morgan fingerprint density at radius 2 is 2.00 bits per heavy atom. The highest BCUT2D eigenvalue weighted by atomic mass is 35.5. The van der Waals surface area contributed by atoms with E-state index in [-0.39, 0.29) is 15.7 Å². The summed E-state index contributed by atoms with van der Waals surface area (Å²) in [4.78, 5) is 10.1. The highest BCUT2D eigenvalue weighted by molar-refractivity contribution is 6.39. The third-order valence-electron chi connectivity index (χ3n) is 3.05. The van der Waals surface area contributed by atoms with Gasteiger partial charge in [0.05, 0.1) is 20.7 Å². The second-order valence-electron chi connectivity index (χ2n) is 4.40. The van der Waals surface area contributed by atoms with Crippen LogP contribution in [0.3, 0.4) is 0 Å². The zero-order valence-corrected chi connectivity index (χ0v) is 10.8. The van der Waals surface area contributed by atoms with Crippen molar-refractivity contribution in [3.8, 4) is 0 Å². The molecule has 2 atom stereocenters. The Bertz CT molecular complexity index is 442. The summed E-state index contributed by atoms with van der Waals surface area (Å²) in [7, 11) is 0. The van der Waals surface area contributed by atoms with Gasteiger partial charge in [0, 0.05) is 18.7 Å². The van der Waals surface area contributed by atoms with Crippen molar-refractivity contribution in [2.45, 2.75) is 13.3 Å². The lowest BCUT2D eigenvalue weighted by Crippen LogP contribution is -2.05. The molecule has 92 valence electrons. The third-order valence-corrected chi connectivity index (χ3v) is 3.65. The average molecular weight is 275 g/mol. The summed E-state index contributed by atoms with van der Waals surface area (Å²) < 4.78 is 0. The number of anilines is 1. The van der Waals surface area contributed by atoms with Crippen molar-refractivity contribution in [3.63, 3.8) is 0 Å². The second-order valence-corrected chi connectivity index (χ2v) is 5.21. The van der Waals surface area contributed by atoms with Crippen LogP contribution in [-0.4, -0.2) is 11.5 Å². The molecule has 1 aromatic rings. The summed E-state index contributed by atoms with van der Waals surface area (Å²) in [6.07, 6.45) is 1.20. The fourth-order valence-electron chi connectivity index (χ4n) is 1.75. The van der Waals surface area contributed by atoms with Gasteiger partial charge in [-0.05, 0) is 18.3 Å². The number of non-ortho nitro benzene ring substituents is 1. The zero-order valence-electron chi connectivity index (χ0n) is 9.24. The van der Waals surface area contributed by atoms with E-state index >= 15 is 0 Å². The average Bonchev–Trinajstić information content (AvgIpc) is 2.93. The lowest BCUT2D eigenvalue weighted by Gasteiger charge is -2.09. The lowest BCUT2D eigenvalue weighted by molar-refractivity contribution is -0.384. The normalized spacial score (nSPS) is 22.3. The standard InChI is InChI=1S/C11H12Cl2N2O2/c1-6-2-7(6)5-14-11-9(12)3-8(15(16)17)4-10(11)13/h3-4,6-7,14H,2,5H2,1H3. The SMILES string of the molecule is CC1CC1CNc1c(Cl)cc([N+](=O)[O-])cc1Cl. The molecule has 0 bridgehead atoms. The maximum atomic E-state index is 10.6. The molecule has 0 aromatic heterocycles. The molecule has 2 unspecified atom stereocenters. The minimum atomic E-state index is -0.509. The van der Waals surface area contributed by atoms with E-state index in [1.165, 1.54) is 18.6 Å². The molecule has 4 nitrogen and oxygen atoms in total. The number of hydrogen-bond donors (Lipinski definition) is 1. The van der Waals surface area contributed by atoms with Crippen LogP contribution in [0.15, 0.2) is 12.1 Å². The largest absolute Gasteiger partial charge is 0.382 e. The van der Waals surface area contributed by atoms with Crippen LogP contribution in [0.2, 0.25) is 10.0 Å². The Morgan fingerprint density at radius 1 is 1.47 bits per heavy atom. The van der Waals surface area contributed by atoms with Crippen LogP contribution in [0.25, 0.3) is 0 Å². The Labute approximate surface area is 109 Å². The molecule has 17 heavy (non-hydrogen) atoms. The predicted molar refractivity (Wildman–Crippen MR) is 68.9 cm³/mol. The molecule has 1 N–H and O–H groups in total. The first-order chi connectivity index (χ1) is 7.99. The number of halogens is 2. The van der Waals surface area contributed by atoms with Gasteiger partial charge in [0.1, 0.15) is 0 Å².